The molecule has 0 atom stereocenters. The molecule has 130 valence electrons. The second kappa shape index (κ2) is 5.52. The zero-order valence-corrected chi connectivity index (χ0v) is 14.6. The SMILES string of the molecule is CN(Cc1c2c(nn1C)CCC2)C1CN(c2ccc3nncn3n2)C1. The molecule has 0 radical (unpaired) electrons. The van der Waals surface area contributed by atoms with Crippen molar-refractivity contribution in [3.63, 3.8) is 0 Å². The van der Waals surface area contributed by atoms with Gasteiger partial charge in [0.05, 0.1) is 11.4 Å². The summed E-state index contributed by atoms with van der Waals surface area (Å²) >= 11 is 0. The van der Waals surface area contributed by atoms with Crippen molar-refractivity contribution in [2.75, 3.05) is 25.0 Å². The Bertz CT molecular complexity index is 920. The topological polar surface area (TPSA) is 67.4 Å². The van der Waals surface area contributed by atoms with E-state index in [-0.39, 0.29) is 0 Å². The Morgan fingerprint density at radius 2 is 2.08 bits per heavy atom. The van der Waals surface area contributed by atoms with E-state index >= 15 is 0 Å². The maximum Gasteiger partial charge on any atom is 0.177 e. The van der Waals surface area contributed by atoms with Crippen molar-refractivity contribution in [3.05, 3.63) is 35.4 Å². The monoisotopic (exact) mass is 338 g/mol. The smallest absolute Gasteiger partial charge is 0.177 e. The highest BCUT2D eigenvalue weighted by atomic mass is 15.4. The molecule has 0 aromatic carbocycles. The predicted octanol–water partition coefficient (Wildman–Crippen LogP) is 0.667. The minimum absolute atomic E-state index is 0.547. The molecule has 0 saturated carbocycles. The summed E-state index contributed by atoms with van der Waals surface area (Å²) < 4.78 is 3.81. The number of rotatable bonds is 4. The molecule has 2 aliphatic rings. The highest BCUT2D eigenvalue weighted by Gasteiger charge is 2.32. The first-order chi connectivity index (χ1) is 12.2. The van der Waals surface area contributed by atoms with Gasteiger partial charge in [-0.3, -0.25) is 9.58 Å². The fourth-order valence-electron chi connectivity index (χ4n) is 3.96. The largest absolute Gasteiger partial charge is 0.352 e. The van der Waals surface area contributed by atoms with Gasteiger partial charge < -0.3 is 4.90 Å². The van der Waals surface area contributed by atoms with Crippen molar-refractivity contribution >= 4 is 11.5 Å². The molecule has 1 fully saturated rings. The van der Waals surface area contributed by atoms with Gasteiger partial charge in [0.1, 0.15) is 12.1 Å². The molecule has 0 amide bonds. The Morgan fingerprint density at radius 3 is 2.96 bits per heavy atom. The van der Waals surface area contributed by atoms with Gasteiger partial charge in [0.2, 0.25) is 0 Å². The molecule has 3 aromatic heterocycles. The Labute approximate surface area is 146 Å². The molecule has 3 aromatic rings. The zero-order chi connectivity index (χ0) is 17.0. The van der Waals surface area contributed by atoms with Crippen LogP contribution in [0.2, 0.25) is 0 Å². The molecule has 8 nitrogen and oxygen atoms in total. The first-order valence-corrected chi connectivity index (χ1v) is 8.85. The van der Waals surface area contributed by atoms with Gasteiger partial charge in [0, 0.05) is 32.7 Å². The molecule has 0 spiro atoms. The lowest BCUT2D eigenvalue weighted by Crippen LogP contribution is -2.58. The number of aryl methyl sites for hydroxylation is 2. The first-order valence-electron chi connectivity index (χ1n) is 8.85. The maximum absolute atomic E-state index is 4.69. The Balaban J connectivity index is 1.25. The van der Waals surface area contributed by atoms with E-state index in [2.05, 4.69) is 49.0 Å². The number of anilines is 1. The van der Waals surface area contributed by atoms with Gasteiger partial charge in [-0.1, -0.05) is 0 Å². The lowest BCUT2D eigenvalue weighted by molar-refractivity contribution is 0.192. The third-order valence-corrected chi connectivity index (χ3v) is 5.55. The van der Waals surface area contributed by atoms with E-state index in [1.807, 2.05) is 12.1 Å². The van der Waals surface area contributed by atoms with E-state index < -0.39 is 0 Å². The summed E-state index contributed by atoms with van der Waals surface area (Å²) in [5, 5.41) is 17.1. The Morgan fingerprint density at radius 1 is 1.20 bits per heavy atom. The maximum atomic E-state index is 4.69. The van der Waals surface area contributed by atoms with E-state index in [0.717, 1.165) is 37.5 Å². The van der Waals surface area contributed by atoms with Gasteiger partial charge in [-0.15, -0.1) is 15.3 Å². The quantitative estimate of drug-likeness (QED) is 0.696. The summed E-state index contributed by atoms with van der Waals surface area (Å²) in [5.41, 5.74) is 4.97. The minimum Gasteiger partial charge on any atom is -0.352 e. The average molecular weight is 338 g/mol. The lowest BCUT2D eigenvalue weighted by Gasteiger charge is -2.44. The average Bonchev–Trinajstić information content (AvgIpc) is 3.24. The van der Waals surface area contributed by atoms with Crippen LogP contribution in [0.5, 0.6) is 0 Å². The molecule has 0 unspecified atom stereocenters. The fraction of sp³-hybridized carbons (Fsp3) is 0.529. The molecule has 1 aliphatic heterocycles. The molecule has 0 N–H and O–H groups in total. The van der Waals surface area contributed by atoms with Crippen molar-refractivity contribution in [1.82, 2.24) is 34.5 Å². The summed E-state index contributed by atoms with van der Waals surface area (Å²) in [4.78, 5) is 4.75. The van der Waals surface area contributed by atoms with E-state index in [4.69, 9.17) is 0 Å². The van der Waals surface area contributed by atoms with Crippen LogP contribution in [0, 0.1) is 0 Å². The van der Waals surface area contributed by atoms with Crippen LogP contribution >= 0.6 is 0 Å². The van der Waals surface area contributed by atoms with Gasteiger partial charge in [0.25, 0.3) is 0 Å². The number of nitrogens with zero attached hydrogens (tertiary/aromatic N) is 8. The summed E-state index contributed by atoms with van der Waals surface area (Å²) in [6.07, 6.45) is 5.22. The number of aromatic nitrogens is 6. The Hall–Kier alpha value is -2.48. The van der Waals surface area contributed by atoms with Gasteiger partial charge >= 0.3 is 0 Å². The van der Waals surface area contributed by atoms with Crippen molar-refractivity contribution < 1.29 is 0 Å². The summed E-state index contributed by atoms with van der Waals surface area (Å²) in [7, 11) is 4.29. The van der Waals surface area contributed by atoms with Crippen LogP contribution in [-0.2, 0) is 26.4 Å². The van der Waals surface area contributed by atoms with Crippen LogP contribution in [-0.4, -0.2) is 60.7 Å². The van der Waals surface area contributed by atoms with Crippen molar-refractivity contribution in [2.45, 2.75) is 31.8 Å². The first kappa shape index (κ1) is 14.8. The molecular weight excluding hydrogens is 316 g/mol. The van der Waals surface area contributed by atoms with E-state index in [1.54, 1.807) is 10.8 Å². The fourth-order valence-corrected chi connectivity index (χ4v) is 3.96. The van der Waals surface area contributed by atoms with Crippen LogP contribution < -0.4 is 4.90 Å². The van der Waals surface area contributed by atoms with Crippen LogP contribution in [0.3, 0.4) is 0 Å². The highest BCUT2D eigenvalue weighted by molar-refractivity contribution is 5.47. The van der Waals surface area contributed by atoms with Gasteiger partial charge in [-0.05, 0) is 44.0 Å². The molecule has 0 bridgehead atoms. The molecule has 25 heavy (non-hydrogen) atoms. The van der Waals surface area contributed by atoms with Gasteiger partial charge in [0.15, 0.2) is 5.65 Å². The van der Waals surface area contributed by atoms with Gasteiger partial charge in [-0.2, -0.15) is 9.61 Å². The van der Waals surface area contributed by atoms with E-state index in [9.17, 15) is 0 Å². The van der Waals surface area contributed by atoms with Crippen molar-refractivity contribution in [2.24, 2.45) is 7.05 Å². The molecule has 4 heterocycles. The number of fused-ring (bicyclic) bond motifs is 2. The second-order valence-corrected chi connectivity index (χ2v) is 7.15. The number of likely N-dealkylation sites (N-methyl/N-ethyl adjacent to an activating group) is 1. The third-order valence-electron chi connectivity index (χ3n) is 5.55. The van der Waals surface area contributed by atoms with Gasteiger partial charge in [-0.25, -0.2) is 0 Å². The molecule has 5 rings (SSSR count). The summed E-state index contributed by atoms with van der Waals surface area (Å²) in [6.45, 7) is 2.96. The van der Waals surface area contributed by atoms with E-state index in [1.165, 1.54) is 29.8 Å². The van der Waals surface area contributed by atoms with Crippen LogP contribution in [0.15, 0.2) is 18.5 Å². The molecule has 1 saturated heterocycles. The molecule has 8 heteroatoms. The van der Waals surface area contributed by atoms with Crippen molar-refractivity contribution in [1.29, 1.82) is 0 Å². The Kier molecular flexibility index (Phi) is 3.27. The number of hydrogen-bond acceptors (Lipinski definition) is 6. The number of hydrogen-bond donors (Lipinski definition) is 0. The normalized spacial score (nSPS) is 17.5. The zero-order valence-electron chi connectivity index (χ0n) is 14.6. The lowest BCUT2D eigenvalue weighted by atomic mass is 10.1. The molecule has 1 aliphatic carbocycles. The second-order valence-electron chi connectivity index (χ2n) is 7.15. The van der Waals surface area contributed by atoms with Crippen molar-refractivity contribution in [3.8, 4) is 0 Å². The third kappa shape index (κ3) is 2.39. The van der Waals surface area contributed by atoms with Crippen LogP contribution in [0.25, 0.3) is 5.65 Å². The highest BCUT2D eigenvalue weighted by Crippen LogP contribution is 2.27. The van der Waals surface area contributed by atoms with Crippen LogP contribution in [0.1, 0.15) is 23.4 Å². The molecular formula is C17H22N8. The van der Waals surface area contributed by atoms with Crippen LogP contribution in [0.4, 0.5) is 5.82 Å². The standard InChI is InChI=1S/C17H22N8/c1-22(10-15-13-4-3-5-14(13)20-23(15)2)12-8-24(9-12)17-7-6-16-19-18-11-25(16)21-17/h6-7,11-12H,3-5,8-10H2,1-2H3. The minimum atomic E-state index is 0.547. The van der Waals surface area contributed by atoms with E-state index in [0.29, 0.717) is 6.04 Å². The summed E-state index contributed by atoms with van der Waals surface area (Å²) in [5.74, 6) is 0.985. The predicted molar refractivity (Wildman–Crippen MR) is 93.5 cm³/mol. The summed E-state index contributed by atoms with van der Waals surface area (Å²) in [6, 6.07) is 4.53.